The molecule has 0 aliphatic rings. The van der Waals surface area contributed by atoms with Crippen molar-refractivity contribution < 1.29 is 4.52 Å². The van der Waals surface area contributed by atoms with Gasteiger partial charge in [0.05, 0.1) is 0 Å². The number of hydrogen-bond donors (Lipinski definition) is 0. The fourth-order valence-corrected chi connectivity index (χ4v) is 3.53. The number of nitrogens with zero attached hydrogens (tertiary/aromatic N) is 3. The summed E-state index contributed by atoms with van der Waals surface area (Å²) in [5.74, 6) is 0. The van der Waals surface area contributed by atoms with Crippen LogP contribution in [-0.2, 0) is 0 Å². The van der Waals surface area contributed by atoms with Crippen molar-refractivity contribution in [3.63, 3.8) is 0 Å². The van der Waals surface area contributed by atoms with Crippen LogP contribution in [0.4, 0.5) is 0 Å². The first kappa shape index (κ1) is 9.70. The van der Waals surface area contributed by atoms with Crippen molar-refractivity contribution in [3.05, 3.63) is 48.3 Å². The van der Waals surface area contributed by atoms with Gasteiger partial charge in [0.2, 0.25) is 0 Å². The van der Waals surface area contributed by atoms with Gasteiger partial charge in [0, 0.05) is 0 Å². The molecule has 0 fully saturated rings. The van der Waals surface area contributed by atoms with Crippen LogP contribution in [0.1, 0.15) is 5.69 Å². The Bertz CT molecular complexity index is 631. The molecule has 0 spiro atoms. The van der Waals surface area contributed by atoms with Gasteiger partial charge in [0.25, 0.3) is 0 Å². The van der Waals surface area contributed by atoms with Crippen LogP contribution in [0, 0.1) is 6.92 Å². The quantitative estimate of drug-likeness (QED) is 0.494. The van der Waals surface area contributed by atoms with Gasteiger partial charge < -0.3 is 0 Å². The molecule has 0 atom stereocenters. The van der Waals surface area contributed by atoms with Gasteiger partial charge in [-0.2, -0.15) is 0 Å². The number of aromatic nitrogens is 3. The van der Waals surface area contributed by atoms with E-state index in [1.807, 2.05) is 35.0 Å². The third-order valence-corrected chi connectivity index (χ3v) is 4.45. The fraction of sp³-hybridized carbons (Fsp3) is 0.0833. The third kappa shape index (κ3) is 1.56. The SMILES string of the molecule is Cc1ccnc2[se]c(-c3ccccc3)n[n+]12. The second kappa shape index (κ2) is 3.81. The van der Waals surface area contributed by atoms with Gasteiger partial charge in [-0.3, -0.25) is 0 Å². The number of benzene rings is 1. The van der Waals surface area contributed by atoms with Gasteiger partial charge >= 0.3 is 99.0 Å². The van der Waals surface area contributed by atoms with Gasteiger partial charge in [-0.1, -0.05) is 0 Å². The summed E-state index contributed by atoms with van der Waals surface area (Å²) < 4.78 is 4.17. The Morgan fingerprint density at radius 3 is 2.69 bits per heavy atom. The number of rotatable bonds is 1. The Balaban J connectivity index is 2.23. The number of aryl methyl sites for hydroxylation is 1. The van der Waals surface area contributed by atoms with E-state index in [-0.39, 0.29) is 14.5 Å². The van der Waals surface area contributed by atoms with Gasteiger partial charge in [-0.25, -0.2) is 0 Å². The zero-order valence-electron chi connectivity index (χ0n) is 8.79. The van der Waals surface area contributed by atoms with E-state index in [1.165, 1.54) is 5.56 Å². The number of fused-ring (bicyclic) bond motifs is 1. The average Bonchev–Trinajstić information content (AvgIpc) is 2.76. The van der Waals surface area contributed by atoms with E-state index < -0.39 is 0 Å². The summed E-state index contributed by atoms with van der Waals surface area (Å²) in [5, 5.41) is 4.62. The van der Waals surface area contributed by atoms with Crippen molar-refractivity contribution in [2.24, 2.45) is 0 Å². The Morgan fingerprint density at radius 2 is 1.94 bits per heavy atom. The Labute approximate surface area is 99.1 Å². The predicted octanol–water partition coefficient (Wildman–Crippen LogP) is 1.25. The summed E-state index contributed by atoms with van der Waals surface area (Å²) in [6.07, 6.45) is 1.85. The normalized spacial score (nSPS) is 10.8. The van der Waals surface area contributed by atoms with Crippen molar-refractivity contribution in [1.29, 1.82) is 0 Å². The molecule has 3 nitrogen and oxygen atoms in total. The molecule has 2 aromatic heterocycles. The Kier molecular flexibility index (Phi) is 2.31. The number of hydrogen-bond acceptors (Lipinski definition) is 2. The maximum absolute atomic E-state index is 4.62. The summed E-state index contributed by atoms with van der Waals surface area (Å²) in [6, 6.07) is 12.3. The van der Waals surface area contributed by atoms with E-state index in [0.29, 0.717) is 0 Å². The maximum atomic E-state index is 4.62. The minimum absolute atomic E-state index is 0.216. The van der Waals surface area contributed by atoms with Gasteiger partial charge in [-0.15, -0.1) is 0 Å². The zero-order chi connectivity index (χ0) is 11.0. The Morgan fingerprint density at radius 1 is 1.12 bits per heavy atom. The van der Waals surface area contributed by atoms with Crippen LogP contribution in [0.2, 0.25) is 0 Å². The first-order valence-corrected chi connectivity index (χ1v) is 6.76. The molecule has 0 aliphatic carbocycles. The summed E-state index contributed by atoms with van der Waals surface area (Å²) in [4.78, 5) is 4.37. The van der Waals surface area contributed by atoms with Crippen LogP contribution in [0.5, 0.6) is 0 Å². The summed E-state index contributed by atoms with van der Waals surface area (Å²) in [6.45, 7) is 2.05. The minimum atomic E-state index is 0.216. The third-order valence-electron chi connectivity index (χ3n) is 2.42. The van der Waals surface area contributed by atoms with Crippen molar-refractivity contribution in [3.8, 4) is 10.1 Å². The van der Waals surface area contributed by atoms with Crippen LogP contribution in [0.3, 0.4) is 0 Å². The van der Waals surface area contributed by atoms with Crippen LogP contribution >= 0.6 is 0 Å². The monoisotopic (exact) mass is 276 g/mol. The first-order chi connectivity index (χ1) is 7.84. The van der Waals surface area contributed by atoms with Crippen molar-refractivity contribution >= 4 is 19.0 Å². The van der Waals surface area contributed by atoms with Crippen LogP contribution in [-0.4, -0.2) is 24.6 Å². The van der Waals surface area contributed by atoms with E-state index in [1.54, 1.807) is 0 Å². The molecule has 78 valence electrons. The molecule has 0 aliphatic heterocycles. The molecule has 0 bridgehead atoms. The molecular formula is C12H10N3Se+. The molecule has 3 aromatic rings. The van der Waals surface area contributed by atoms with Gasteiger partial charge in [0.15, 0.2) is 0 Å². The Hall–Kier alpha value is -1.51. The summed E-state index contributed by atoms with van der Waals surface area (Å²) >= 11 is 0.216. The molecular weight excluding hydrogens is 265 g/mol. The molecule has 4 heteroatoms. The summed E-state index contributed by atoms with van der Waals surface area (Å²) in [5.41, 5.74) is 2.34. The molecule has 16 heavy (non-hydrogen) atoms. The molecule has 0 radical (unpaired) electrons. The second-order valence-corrected chi connectivity index (χ2v) is 5.56. The van der Waals surface area contributed by atoms with Gasteiger partial charge in [0.1, 0.15) is 0 Å². The van der Waals surface area contributed by atoms with E-state index >= 15 is 0 Å². The molecule has 0 saturated carbocycles. The molecule has 0 unspecified atom stereocenters. The van der Waals surface area contributed by atoms with Gasteiger partial charge in [-0.05, 0) is 0 Å². The van der Waals surface area contributed by atoms with E-state index in [9.17, 15) is 0 Å². The van der Waals surface area contributed by atoms with E-state index in [4.69, 9.17) is 0 Å². The molecule has 0 N–H and O–H groups in total. The van der Waals surface area contributed by atoms with Crippen LogP contribution in [0.25, 0.3) is 14.7 Å². The predicted molar refractivity (Wildman–Crippen MR) is 62.3 cm³/mol. The first-order valence-electron chi connectivity index (χ1n) is 5.04. The summed E-state index contributed by atoms with van der Waals surface area (Å²) in [7, 11) is 0. The standard InChI is InChI=1S/C12H10N3Se/c1-9-7-8-13-12-15(9)14-11(16-12)10-5-3-2-4-6-10/h2-8H,1H3/q+1. The van der Waals surface area contributed by atoms with Crippen molar-refractivity contribution in [2.45, 2.75) is 6.92 Å². The fourth-order valence-electron chi connectivity index (χ4n) is 1.57. The van der Waals surface area contributed by atoms with Crippen molar-refractivity contribution in [1.82, 2.24) is 10.1 Å². The molecule has 2 heterocycles. The molecule has 0 amide bonds. The van der Waals surface area contributed by atoms with E-state index in [2.05, 4.69) is 29.1 Å². The van der Waals surface area contributed by atoms with E-state index in [0.717, 1.165) is 14.8 Å². The molecule has 3 rings (SSSR count). The second-order valence-electron chi connectivity index (χ2n) is 3.55. The van der Waals surface area contributed by atoms with Crippen LogP contribution in [0.15, 0.2) is 42.6 Å². The molecule has 1 aromatic carbocycles. The topological polar surface area (TPSA) is 29.9 Å². The van der Waals surface area contributed by atoms with Crippen LogP contribution < -0.4 is 4.52 Å². The molecule has 0 saturated heterocycles. The van der Waals surface area contributed by atoms with Crippen molar-refractivity contribution in [2.75, 3.05) is 0 Å². The zero-order valence-corrected chi connectivity index (χ0v) is 10.5. The average molecular weight is 275 g/mol.